The number of amides is 1. The van der Waals surface area contributed by atoms with Crippen LogP contribution in [-0.4, -0.2) is 32.3 Å². The Morgan fingerprint density at radius 1 is 1.41 bits per heavy atom. The van der Waals surface area contributed by atoms with E-state index in [4.69, 9.17) is 5.73 Å². The van der Waals surface area contributed by atoms with Crippen molar-refractivity contribution < 1.29 is 18.0 Å². The smallest absolute Gasteiger partial charge is 0.367 e. The lowest BCUT2D eigenvalue weighted by Crippen LogP contribution is -2.24. The zero-order chi connectivity index (χ0) is 16.2. The van der Waals surface area contributed by atoms with Crippen LogP contribution in [0.15, 0.2) is 29.4 Å². The van der Waals surface area contributed by atoms with E-state index < -0.39 is 17.6 Å². The lowest BCUT2D eigenvalue weighted by Gasteiger charge is -2.09. The van der Waals surface area contributed by atoms with Gasteiger partial charge < -0.3 is 5.73 Å². The Hall–Kier alpha value is -2.98. The quantitative estimate of drug-likeness (QED) is 0.628. The van der Waals surface area contributed by atoms with Crippen molar-refractivity contribution in [2.75, 3.05) is 5.73 Å². The highest BCUT2D eigenvalue weighted by atomic mass is 19.4. The van der Waals surface area contributed by atoms with Gasteiger partial charge in [-0.3, -0.25) is 4.79 Å². The normalized spacial score (nSPS) is 11.8. The first-order chi connectivity index (χ1) is 10.4. The number of hydrogen-bond acceptors (Lipinski definition) is 6. The molecule has 22 heavy (non-hydrogen) atoms. The molecule has 3 N–H and O–H groups in total. The molecule has 0 radical (unpaired) electrons. The molecule has 0 fully saturated rings. The minimum atomic E-state index is -4.51. The molecular formula is C11H10F3N7O. The summed E-state index contributed by atoms with van der Waals surface area (Å²) in [7, 11) is 0. The highest BCUT2D eigenvalue weighted by molar-refractivity contribution is 5.84. The fourth-order valence-electron chi connectivity index (χ4n) is 1.54. The van der Waals surface area contributed by atoms with Crippen molar-refractivity contribution in [1.82, 2.24) is 25.6 Å². The van der Waals surface area contributed by atoms with E-state index in [1.165, 1.54) is 18.2 Å². The number of hydrogen-bond donors (Lipinski definition) is 2. The molecule has 0 aliphatic carbocycles. The number of nitrogens with two attached hydrogens (primary N) is 1. The lowest BCUT2D eigenvalue weighted by atomic mass is 10.1. The Morgan fingerprint density at radius 2 is 2.14 bits per heavy atom. The first kappa shape index (κ1) is 15.4. The fourth-order valence-corrected chi connectivity index (χ4v) is 1.54. The van der Waals surface area contributed by atoms with Gasteiger partial charge in [0.05, 0.1) is 11.8 Å². The van der Waals surface area contributed by atoms with Gasteiger partial charge in [-0.1, -0.05) is 23.3 Å². The molecule has 0 aliphatic rings. The first-order valence-corrected chi connectivity index (χ1v) is 5.87. The topological polar surface area (TPSA) is 111 Å². The van der Waals surface area contributed by atoms with Gasteiger partial charge in [-0.25, -0.2) is 10.1 Å². The number of alkyl halides is 3. The molecule has 0 bridgehead atoms. The van der Waals surface area contributed by atoms with E-state index >= 15 is 0 Å². The van der Waals surface area contributed by atoms with Crippen LogP contribution in [0.1, 0.15) is 11.1 Å². The molecule has 1 heterocycles. The van der Waals surface area contributed by atoms with Gasteiger partial charge in [0.15, 0.2) is 0 Å². The SMILES string of the molecule is Nc1nnnn1CC(=O)NN=Cc1ccccc1C(F)(F)F. The van der Waals surface area contributed by atoms with E-state index in [9.17, 15) is 18.0 Å². The highest BCUT2D eigenvalue weighted by Crippen LogP contribution is 2.30. The molecule has 8 nitrogen and oxygen atoms in total. The molecule has 0 saturated carbocycles. The van der Waals surface area contributed by atoms with Gasteiger partial charge in [0.2, 0.25) is 5.95 Å². The summed E-state index contributed by atoms with van der Waals surface area (Å²) in [4.78, 5) is 11.5. The summed E-state index contributed by atoms with van der Waals surface area (Å²) in [5.74, 6) is -0.707. The molecule has 0 spiro atoms. The summed E-state index contributed by atoms with van der Waals surface area (Å²) in [6, 6.07) is 4.85. The van der Waals surface area contributed by atoms with Gasteiger partial charge in [0.25, 0.3) is 5.91 Å². The Balaban J connectivity index is 2.01. The summed E-state index contributed by atoms with van der Waals surface area (Å²) >= 11 is 0. The van der Waals surface area contributed by atoms with Crippen LogP contribution in [0.4, 0.5) is 19.1 Å². The predicted octanol–water partition coefficient (Wildman–Crippen LogP) is 0.424. The van der Waals surface area contributed by atoms with Gasteiger partial charge >= 0.3 is 6.18 Å². The van der Waals surface area contributed by atoms with Gasteiger partial charge in [-0.05, 0) is 16.5 Å². The number of tetrazole rings is 1. The van der Waals surface area contributed by atoms with Crippen molar-refractivity contribution in [1.29, 1.82) is 0 Å². The summed E-state index contributed by atoms with van der Waals surface area (Å²) in [6.07, 6.45) is -3.60. The average molecular weight is 313 g/mol. The number of carbonyl (C=O) groups is 1. The number of anilines is 1. The maximum Gasteiger partial charge on any atom is 0.417 e. The van der Waals surface area contributed by atoms with Crippen molar-refractivity contribution in [3.8, 4) is 0 Å². The third kappa shape index (κ3) is 3.77. The van der Waals surface area contributed by atoms with Crippen molar-refractivity contribution in [3.63, 3.8) is 0 Å². The number of aromatic nitrogens is 4. The van der Waals surface area contributed by atoms with Gasteiger partial charge in [0, 0.05) is 5.56 Å². The first-order valence-electron chi connectivity index (χ1n) is 5.87. The van der Waals surface area contributed by atoms with E-state index in [1.807, 2.05) is 0 Å². The molecule has 0 atom stereocenters. The molecule has 11 heteroatoms. The minimum absolute atomic E-state index is 0.0680. The van der Waals surface area contributed by atoms with E-state index in [-0.39, 0.29) is 18.1 Å². The third-order valence-corrected chi connectivity index (χ3v) is 2.51. The number of carbonyl (C=O) groups excluding carboxylic acids is 1. The number of hydrazone groups is 1. The molecule has 2 rings (SSSR count). The Kier molecular flexibility index (Phi) is 4.34. The minimum Gasteiger partial charge on any atom is -0.367 e. The fraction of sp³-hybridized carbons (Fsp3) is 0.182. The molecule has 2 aromatic rings. The molecule has 1 aromatic heterocycles. The largest absolute Gasteiger partial charge is 0.417 e. The van der Waals surface area contributed by atoms with Crippen molar-refractivity contribution in [2.24, 2.45) is 5.10 Å². The second-order valence-corrected chi connectivity index (χ2v) is 4.07. The number of rotatable bonds is 4. The number of nitrogen functional groups attached to an aromatic ring is 1. The maximum atomic E-state index is 12.7. The number of nitrogens with one attached hydrogen (secondary N) is 1. The Bertz CT molecular complexity index is 695. The third-order valence-electron chi connectivity index (χ3n) is 2.51. The van der Waals surface area contributed by atoms with Crippen LogP contribution in [0.25, 0.3) is 0 Å². The van der Waals surface area contributed by atoms with Gasteiger partial charge in [0.1, 0.15) is 6.54 Å². The van der Waals surface area contributed by atoms with Gasteiger partial charge in [-0.15, -0.1) is 0 Å². The standard InChI is InChI=1S/C11H10F3N7O/c12-11(13,14)8-4-2-1-3-7(8)5-16-17-9(22)6-21-10(15)18-19-20-21/h1-5H,6H2,(H,17,22)(H2,15,18,20). The number of halogens is 3. The summed E-state index contributed by atoms with van der Waals surface area (Å²) in [6.45, 7) is -0.308. The van der Waals surface area contributed by atoms with Gasteiger partial charge in [-0.2, -0.15) is 18.3 Å². The predicted molar refractivity (Wildman–Crippen MR) is 69.4 cm³/mol. The molecule has 0 aliphatic heterocycles. The van der Waals surface area contributed by atoms with Crippen molar-refractivity contribution in [2.45, 2.75) is 12.7 Å². The zero-order valence-electron chi connectivity index (χ0n) is 10.9. The van der Waals surface area contributed by atoms with E-state index in [0.717, 1.165) is 17.0 Å². The van der Waals surface area contributed by atoms with Crippen LogP contribution in [0, 0.1) is 0 Å². The average Bonchev–Trinajstić information content (AvgIpc) is 2.83. The molecule has 1 aromatic carbocycles. The van der Waals surface area contributed by atoms with Crippen LogP contribution in [0.5, 0.6) is 0 Å². The van der Waals surface area contributed by atoms with Crippen LogP contribution >= 0.6 is 0 Å². The monoisotopic (exact) mass is 313 g/mol. The van der Waals surface area contributed by atoms with Crippen molar-refractivity contribution in [3.05, 3.63) is 35.4 Å². The maximum absolute atomic E-state index is 12.7. The molecule has 0 saturated heterocycles. The second kappa shape index (κ2) is 6.20. The van der Waals surface area contributed by atoms with E-state index in [1.54, 1.807) is 0 Å². The van der Waals surface area contributed by atoms with E-state index in [2.05, 4.69) is 26.1 Å². The molecule has 116 valence electrons. The lowest BCUT2D eigenvalue weighted by molar-refractivity contribution is -0.137. The van der Waals surface area contributed by atoms with Crippen LogP contribution in [0.2, 0.25) is 0 Å². The Labute approximate surface area is 121 Å². The van der Waals surface area contributed by atoms with Crippen LogP contribution in [0.3, 0.4) is 0 Å². The summed E-state index contributed by atoms with van der Waals surface area (Å²) in [5, 5.41) is 13.5. The summed E-state index contributed by atoms with van der Waals surface area (Å²) in [5.41, 5.74) is 6.41. The molecule has 1 amide bonds. The number of benzene rings is 1. The Morgan fingerprint density at radius 3 is 2.77 bits per heavy atom. The van der Waals surface area contributed by atoms with E-state index in [0.29, 0.717) is 0 Å². The molecule has 0 unspecified atom stereocenters. The second-order valence-electron chi connectivity index (χ2n) is 4.07. The number of nitrogens with zero attached hydrogens (tertiary/aromatic N) is 5. The molecular weight excluding hydrogens is 303 g/mol. The van der Waals surface area contributed by atoms with Crippen molar-refractivity contribution >= 4 is 18.1 Å². The highest BCUT2D eigenvalue weighted by Gasteiger charge is 2.32. The summed E-state index contributed by atoms with van der Waals surface area (Å²) < 4.78 is 39.2. The zero-order valence-corrected chi connectivity index (χ0v) is 10.9. The van der Waals surface area contributed by atoms with Crippen LogP contribution < -0.4 is 11.2 Å². The van der Waals surface area contributed by atoms with Crippen LogP contribution in [-0.2, 0) is 17.5 Å².